The van der Waals surface area contributed by atoms with Gasteiger partial charge in [-0.05, 0) is 23.3 Å². The van der Waals surface area contributed by atoms with E-state index in [4.69, 9.17) is 28.1 Å². The molecule has 0 radical (unpaired) electrons. The van der Waals surface area contributed by atoms with E-state index in [9.17, 15) is 13.7 Å². The molecule has 0 aliphatic carbocycles. The van der Waals surface area contributed by atoms with Crippen molar-refractivity contribution in [2.24, 2.45) is 0 Å². The number of nitrogens with zero attached hydrogens (tertiary/aromatic N) is 1. The minimum absolute atomic E-state index is 0.0133. The maximum atomic E-state index is 13.7. The molecule has 29 heavy (non-hydrogen) atoms. The Hall–Kier alpha value is -2.35. The molecule has 1 unspecified atom stereocenters. The minimum atomic E-state index is -4.18. The molecule has 1 aliphatic rings. The zero-order valence-electron chi connectivity index (χ0n) is 14.9. The quantitative estimate of drug-likeness (QED) is 0.421. The Kier molecular flexibility index (Phi) is 5.38. The topological polar surface area (TPSA) is 66.8 Å². The van der Waals surface area contributed by atoms with E-state index in [1.807, 2.05) is 6.07 Å². The van der Waals surface area contributed by atoms with Crippen LogP contribution in [0.5, 0.6) is 0 Å². The third-order valence-corrected chi connectivity index (χ3v) is 7.07. The van der Waals surface area contributed by atoms with Crippen LogP contribution in [0, 0.1) is 0 Å². The summed E-state index contributed by atoms with van der Waals surface area (Å²) in [6.07, 6.45) is -1.37. The Balaban J connectivity index is 2.06. The Morgan fingerprint density at radius 3 is 1.83 bits per heavy atom. The summed E-state index contributed by atoms with van der Waals surface area (Å²) in [4.78, 5) is 4.73. The van der Waals surface area contributed by atoms with Crippen LogP contribution in [-0.2, 0) is 14.9 Å². The molecule has 0 spiro atoms. The molecule has 1 aliphatic heterocycles. The van der Waals surface area contributed by atoms with Gasteiger partial charge in [0.2, 0.25) is 6.23 Å². The Morgan fingerprint density at radius 1 is 0.793 bits per heavy atom. The van der Waals surface area contributed by atoms with Crippen LogP contribution in [0.25, 0.3) is 10.5 Å². The molecule has 1 atom stereocenters. The lowest BCUT2D eigenvalue weighted by Crippen LogP contribution is -2.37. The molecule has 0 aromatic heterocycles. The highest BCUT2D eigenvalue weighted by Gasteiger charge is 2.48. The van der Waals surface area contributed by atoms with Gasteiger partial charge in [0.1, 0.15) is 4.91 Å². The monoisotopic (exact) mass is 447 g/mol. The number of rotatable bonds is 4. The zero-order valence-corrected chi connectivity index (χ0v) is 17.2. The number of anilines is 1. The first-order valence-corrected chi connectivity index (χ1v) is 10.8. The molecular weight excluding hydrogens is 433 g/mol. The van der Waals surface area contributed by atoms with Crippen LogP contribution in [0.15, 0.2) is 78.9 Å². The summed E-state index contributed by atoms with van der Waals surface area (Å²) in [6, 6.07) is 22.1. The van der Waals surface area contributed by atoms with Crippen molar-refractivity contribution in [3.63, 3.8) is 0 Å². The maximum Gasteiger partial charge on any atom is 0.268 e. The van der Waals surface area contributed by atoms with E-state index < -0.39 is 16.3 Å². The molecular formula is C21H15Cl2NO4S. The minimum Gasteiger partial charge on any atom is -0.249 e. The summed E-state index contributed by atoms with van der Waals surface area (Å²) in [6.45, 7) is 0. The van der Waals surface area contributed by atoms with Crippen LogP contribution in [0.4, 0.5) is 5.69 Å². The van der Waals surface area contributed by atoms with E-state index in [-0.39, 0.29) is 26.2 Å². The van der Waals surface area contributed by atoms with Gasteiger partial charge in [-0.25, -0.2) is 22.9 Å². The summed E-state index contributed by atoms with van der Waals surface area (Å²) in [5, 5.41) is 10.0. The normalized spacial score (nSPS) is 18.3. The van der Waals surface area contributed by atoms with Gasteiger partial charge in [-0.1, -0.05) is 89.9 Å². The van der Waals surface area contributed by atoms with Gasteiger partial charge in [0.25, 0.3) is 10.0 Å². The predicted octanol–water partition coefficient (Wildman–Crippen LogP) is 5.53. The average molecular weight is 448 g/mol. The van der Waals surface area contributed by atoms with Gasteiger partial charge in [-0.2, -0.15) is 0 Å². The molecule has 0 amide bonds. The summed E-state index contributed by atoms with van der Waals surface area (Å²) in [7, 11) is -4.18. The second-order valence-corrected chi connectivity index (χ2v) is 8.87. The van der Waals surface area contributed by atoms with Gasteiger partial charge in [-0.15, -0.1) is 0 Å². The predicted molar refractivity (Wildman–Crippen MR) is 115 cm³/mol. The first-order chi connectivity index (χ1) is 14.0. The summed E-state index contributed by atoms with van der Waals surface area (Å²) in [5.74, 6) is 0. The highest BCUT2D eigenvalue weighted by Crippen LogP contribution is 2.49. The Labute approximate surface area is 178 Å². The van der Waals surface area contributed by atoms with E-state index in [2.05, 4.69) is 0 Å². The van der Waals surface area contributed by atoms with Gasteiger partial charge in [-0.3, -0.25) is 0 Å². The van der Waals surface area contributed by atoms with Crippen molar-refractivity contribution in [1.82, 2.24) is 0 Å². The van der Waals surface area contributed by atoms with Gasteiger partial charge in [0, 0.05) is 5.57 Å². The third-order valence-electron chi connectivity index (χ3n) is 4.60. The van der Waals surface area contributed by atoms with Crippen molar-refractivity contribution in [2.45, 2.75) is 6.23 Å². The molecule has 8 heteroatoms. The molecule has 148 valence electrons. The average Bonchev–Trinajstić information content (AvgIpc) is 2.96. The summed E-state index contributed by atoms with van der Waals surface area (Å²) < 4.78 is 28.3. The fourth-order valence-electron chi connectivity index (χ4n) is 3.41. The van der Waals surface area contributed by atoms with Crippen molar-refractivity contribution >= 4 is 49.4 Å². The molecule has 3 aromatic carbocycles. The summed E-state index contributed by atoms with van der Waals surface area (Å²) in [5.41, 5.74) is 1.36. The van der Waals surface area contributed by atoms with Crippen molar-refractivity contribution in [3.05, 3.63) is 100 Å². The van der Waals surface area contributed by atoms with Crippen LogP contribution in [-0.4, -0.2) is 19.9 Å². The van der Waals surface area contributed by atoms with E-state index in [1.165, 1.54) is 12.1 Å². The van der Waals surface area contributed by atoms with Crippen LogP contribution < -0.4 is 4.31 Å². The van der Waals surface area contributed by atoms with Crippen molar-refractivity contribution in [1.29, 1.82) is 0 Å². The first-order valence-electron chi connectivity index (χ1n) is 8.60. The Bertz CT molecular complexity index is 1160. The molecule has 1 N–H and O–H groups in total. The molecule has 0 bridgehead atoms. The third kappa shape index (κ3) is 3.33. The number of halogens is 2. The van der Waals surface area contributed by atoms with E-state index >= 15 is 0 Å². The van der Waals surface area contributed by atoms with Crippen LogP contribution in [0.1, 0.15) is 11.1 Å². The standard InChI is InChI=1S/C21H15Cl2NO4S/c22-16-12-7-13-17(23)19(16)24-21(28-25)18(14-8-3-1-4-9-14)20(29(24,26)27)15-10-5-2-6-11-15/h1-13,21,25H. The van der Waals surface area contributed by atoms with E-state index in [0.717, 1.165) is 4.31 Å². The SMILES string of the molecule is O=S1(=O)C(c2ccccc2)=C(c2ccccc2)C(OO)N1c1c(Cl)cccc1Cl. The lowest BCUT2D eigenvalue weighted by Gasteiger charge is -2.26. The van der Waals surface area contributed by atoms with Crippen molar-refractivity contribution in [2.75, 3.05) is 4.31 Å². The molecule has 4 rings (SSSR count). The smallest absolute Gasteiger partial charge is 0.249 e. The van der Waals surface area contributed by atoms with Crippen LogP contribution in [0.3, 0.4) is 0 Å². The molecule has 0 fully saturated rings. The Morgan fingerprint density at radius 2 is 1.31 bits per heavy atom. The first kappa shape index (κ1) is 19.9. The number of sulfonamides is 1. The largest absolute Gasteiger partial charge is 0.268 e. The van der Waals surface area contributed by atoms with Crippen LogP contribution >= 0.6 is 23.2 Å². The second-order valence-electron chi connectivity index (χ2n) is 6.30. The van der Waals surface area contributed by atoms with Gasteiger partial charge in [0.15, 0.2) is 0 Å². The molecule has 5 nitrogen and oxygen atoms in total. The highest BCUT2D eigenvalue weighted by molar-refractivity contribution is 8.02. The molecule has 0 saturated heterocycles. The molecule has 3 aromatic rings. The second kappa shape index (κ2) is 7.82. The lowest BCUT2D eigenvalue weighted by atomic mass is 10.0. The molecule has 0 saturated carbocycles. The summed E-state index contributed by atoms with van der Waals surface area (Å²) >= 11 is 12.6. The fraction of sp³-hybridized carbons (Fsp3) is 0.0476. The highest BCUT2D eigenvalue weighted by atomic mass is 35.5. The van der Waals surface area contributed by atoms with Crippen LogP contribution in [0.2, 0.25) is 10.0 Å². The maximum absolute atomic E-state index is 13.7. The van der Waals surface area contributed by atoms with Gasteiger partial charge < -0.3 is 0 Å². The van der Waals surface area contributed by atoms with Crippen molar-refractivity contribution < 1.29 is 18.6 Å². The van der Waals surface area contributed by atoms with E-state index in [1.54, 1.807) is 60.7 Å². The molecule has 1 heterocycles. The van der Waals surface area contributed by atoms with Gasteiger partial charge in [0.05, 0.1) is 15.7 Å². The zero-order chi connectivity index (χ0) is 20.6. The fourth-order valence-corrected chi connectivity index (χ4v) is 6.05. The number of para-hydroxylation sites is 1. The van der Waals surface area contributed by atoms with Gasteiger partial charge >= 0.3 is 0 Å². The number of benzene rings is 3. The number of hydrogen-bond acceptors (Lipinski definition) is 4. The number of hydrogen-bond donors (Lipinski definition) is 1. The van der Waals surface area contributed by atoms with E-state index in [0.29, 0.717) is 11.1 Å². The van der Waals surface area contributed by atoms with Crippen molar-refractivity contribution in [3.8, 4) is 0 Å². The lowest BCUT2D eigenvalue weighted by molar-refractivity contribution is -0.259.